The summed E-state index contributed by atoms with van der Waals surface area (Å²) < 4.78 is 1.28. The van der Waals surface area contributed by atoms with E-state index in [1.807, 2.05) is 0 Å². The molecule has 0 saturated carbocycles. The molecule has 0 bridgehead atoms. The topological polar surface area (TPSA) is 50.2 Å². The third kappa shape index (κ3) is 0.452. The van der Waals surface area contributed by atoms with Gasteiger partial charge in [0, 0.05) is 0 Å². The molecule has 4 nitrogen and oxygen atoms in total. The van der Waals surface area contributed by atoms with Crippen LogP contribution in [0.2, 0.25) is 0 Å². The van der Waals surface area contributed by atoms with E-state index in [9.17, 15) is 4.79 Å². The molecule has 0 aliphatic carbocycles. The monoisotopic (exact) mass is 135 g/mol. The van der Waals surface area contributed by atoms with Crippen LogP contribution in [0.15, 0.2) is 17.1 Å². The normalized spacial score (nSPS) is 10.8. The second-order valence-electron chi connectivity index (χ2n) is 2.04. The quantitative estimate of drug-likeness (QED) is 0.511. The van der Waals surface area contributed by atoms with Gasteiger partial charge in [0.2, 0.25) is 0 Å². The van der Waals surface area contributed by atoms with Crippen molar-refractivity contribution >= 4 is 12.1 Å². The largest absolute Gasteiger partial charge is 0.347 e. The van der Waals surface area contributed by atoms with E-state index in [-0.39, 0.29) is 5.69 Å². The molecule has 0 radical (unpaired) electrons. The second kappa shape index (κ2) is 1.47. The average Bonchev–Trinajstić information content (AvgIpc) is 2.39. The van der Waals surface area contributed by atoms with Crippen LogP contribution in [0, 0.1) is 0 Å². The number of nitrogens with one attached hydrogen (secondary N) is 1. The highest BCUT2D eigenvalue weighted by Crippen LogP contribution is 1.86. The zero-order valence-corrected chi connectivity index (χ0v) is 5.16. The molecule has 10 heavy (non-hydrogen) atoms. The Kier molecular flexibility index (Phi) is 0.768. The lowest BCUT2D eigenvalue weighted by molar-refractivity contribution is 0.905. The van der Waals surface area contributed by atoms with Crippen molar-refractivity contribution in [2.45, 2.75) is 0 Å². The van der Waals surface area contributed by atoms with Gasteiger partial charge in [-0.05, 0) is 6.07 Å². The van der Waals surface area contributed by atoms with Crippen LogP contribution >= 0.6 is 0 Å². The zero-order chi connectivity index (χ0) is 7.14. The first-order valence-corrected chi connectivity index (χ1v) is 2.84. The number of nitrogens with zero attached hydrogens (tertiary/aromatic N) is 2. The molecule has 1 N–H and O–H groups in total. The SMILES string of the molecule is C=c1[nH]c(=O)n2nccc12. The van der Waals surface area contributed by atoms with Crippen LogP contribution in [0.4, 0.5) is 0 Å². The molecule has 0 spiro atoms. The summed E-state index contributed by atoms with van der Waals surface area (Å²) in [5.74, 6) is 0. The molecule has 0 aliphatic heterocycles. The highest BCUT2D eigenvalue weighted by atomic mass is 16.1. The Morgan fingerprint density at radius 1 is 1.70 bits per heavy atom. The lowest BCUT2D eigenvalue weighted by Crippen LogP contribution is -2.11. The van der Waals surface area contributed by atoms with Gasteiger partial charge in [0.1, 0.15) is 0 Å². The minimum Gasteiger partial charge on any atom is -0.305 e. The van der Waals surface area contributed by atoms with Gasteiger partial charge in [0.05, 0.1) is 17.1 Å². The summed E-state index contributed by atoms with van der Waals surface area (Å²) in [5, 5.41) is 4.39. The maximum Gasteiger partial charge on any atom is 0.347 e. The first-order chi connectivity index (χ1) is 4.79. The van der Waals surface area contributed by atoms with Gasteiger partial charge >= 0.3 is 5.69 Å². The number of hydrogen-bond acceptors (Lipinski definition) is 2. The van der Waals surface area contributed by atoms with Crippen molar-refractivity contribution in [2.24, 2.45) is 0 Å². The fourth-order valence-electron chi connectivity index (χ4n) is 0.940. The maximum atomic E-state index is 10.9. The minimum absolute atomic E-state index is 0.231. The molecule has 0 unspecified atom stereocenters. The molecule has 4 heteroatoms. The molecule has 0 saturated heterocycles. The Labute approximate surface area is 55.8 Å². The third-order valence-corrected chi connectivity index (χ3v) is 1.40. The van der Waals surface area contributed by atoms with E-state index < -0.39 is 0 Å². The van der Waals surface area contributed by atoms with Crippen LogP contribution in [0.1, 0.15) is 0 Å². The highest BCUT2D eigenvalue weighted by Gasteiger charge is 1.98. The summed E-state index contributed by atoms with van der Waals surface area (Å²) in [4.78, 5) is 13.4. The van der Waals surface area contributed by atoms with E-state index in [4.69, 9.17) is 0 Å². The molecule has 50 valence electrons. The molecular formula is C6H5N3O. The van der Waals surface area contributed by atoms with Crippen molar-refractivity contribution in [3.05, 3.63) is 28.1 Å². The molecule has 0 fully saturated rings. The van der Waals surface area contributed by atoms with Gasteiger partial charge in [-0.15, -0.1) is 0 Å². The number of H-pyrrole nitrogens is 1. The Balaban J connectivity index is 3.28. The molecule has 2 rings (SSSR count). The number of imidazole rings is 1. The Hall–Kier alpha value is -1.58. The third-order valence-electron chi connectivity index (χ3n) is 1.40. The average molecular weight is 135 g/mol. The second-order valence-corrected chi connectivity index (χ2v) is 2.04. The predicted molar refractivity (Wildman–Crippen MR) is 36.6 cm³/mol. The summed E-state index contributed by atoms with van der Waals surface area (Å²) in [6, 6.07) is 1.74. The van der Waals surface area contributed by atoms with E-state index in [1.165, 1.54) is 4.52 Å². The molecule has 0 amide bonds. The van der Waals surface area contributed by atoms with Crippen molar-refractivity contribution in [2.75, 3.05) is 0 Å². The first-order valence-electron chi connectivity index (χ1n) is 2.84. The van der Waals surface area contributed by atoms with Crippen LogP contribution in [-0.2, 0) is 0 Å². The zero-order valence-electron chi connectivity index (χ0n) is 5.16. The van der Waals surface area contributed by atoms with Crippen LogP contribution in [-0.4, -0.2) is 14.6 Å². The minimum atomic E-state index is -0.231. The van der Waals surface area contributed by atoms with Gasteiger partial charge in [0.25, 0.3) is 0 Å². The van der Waals surface area contributed by atoms with Gasteiger partial charge < -0.3 is 4.98 Å². The van der Waals surface area contributed by atoms with Crippen molar-refractivity contribution in [3.63, 3.8) is 0 Å². The molecule has 2 aromatic rings. The van der Waals surface area contributed by atoms with E-state index in [1.54, 1.807) is 12.3 Å². The summed E-state index contributed by atoms with van der Waals surface area (Å²) in [6.45, 7) is 3.63. The highest BCUT2D eigenvalue weighted by molar-refractivity contribution is 5.45. The van der Waals surface area contributed by atoms with Gasteiger partial charge in [0.15, 0.2) is 0 Å². The summed E-state index contributed by atoms with van der Waals surface area (Å²) in [6.07, 6.45) is 1.57. The lowest BCUT2D eigenvalue weighted by Gasteiger charge is -1.71. The molecule has 0 aliphatic rings. The number of aromatic nitrogens is 3. The van der Waals surface area contributed by atoms with Crippen LogP contribution in [0.5, 0.6) is 0 Å². The maximum absolute atomic E-state index is 10.9. The molecule has 2 heterocycles. The summed E-state index contributed by atoms with van der Waals surface area (Å²) >= 11 is 0. The Bertz CT molecular complexity index is 413. The first kappa shape index (κ1) is 5.22. The van der Waals surface area contributed by atoms with Crippen LogP contribution < -0.4 is 11.0 Å². The van der Waals surface area contributed by atoms with Crippen LogP contribution in [0.3, 0.4) is 0 Å². The molecule has 0 atom stereocenters. The van der Waals surface area contributed by atoms with E-state index >= 15 is 0 Å². The van der Waals surface area contributed by atoms with Crippen molar-refractivity contribution in [1.29, 1.82) is 0 Å². The standard InChI is InChI=1S/C6H5N3O/c1-4-5-2-3-7-9(5)6(10)8-4/h2-3H,1H2,(H,8,10). The Morgan fingerprint density at radius 3 is 3.20 bits per heavy atom. The molecular weight excluding hydrogens is 130 g/mol. The molecule has 2 aromatic heterocycles. The lowest BCUT2D eigenvalue weighted by atomic mass is 10.5. The van der Waals surface area contributed by atoms with E-state index in [0.29, 0.717) is 5.35 Å². The van der Waals surface area contributed by atoms with Crippen molar-refractivity contribution in [3.8, 4) is 0 Å². The smallest absolute Gasteiger partial charge is 0.305 e. The molecule has 0 aromatic carbocycles. The fourth-order valence-corrected chi connectivity index (χ4v) is 0.940. The number of hydrogen-bond donors (Lipinski definition) is 1. The van der Waals surface area contributed by atoms with Crippen molar-refractivity contribution < 1.29 is 0 Å². The summed E-state index contributed by atoms with van der Waals surface area (Å²) in [7, 11) is 0. The van der Waals surface area contributed by atoms with Gasteiger partial charge in [-0.2, -0.15) is 9.61 Å². The van der Waals surface area contributed by atoms with E-state index in [2.05, 4.69) is 16.7 Å². The number of fused-ring (bicyclic) bond motifs is 1. The van der Waals surface area contributed by atoms with Gasteiger partial charge in [-0.3, -0.25) is 0 Å². The van der Waals surface area contributed by atoms with E-state index in [0.717, 1.165) is 5.52 Å². The summed E-state index contributed by atoms with van der Waals surface area (Å²) in [5.41, 5.74) is 0.509. The fraction of sp³-hybridized carbons (Fsp3) is 0. The number of aromatic amines is 1. The van der Waals surface area contributed by atoms with Crippen molar-refractivity contribution in [1.82, 2.24) is 14.6 Å². The predicted octanol–water partition coefficient (Wildman–Crippen LogP) is -0.848. The van der Waals surface area contributed by atoms with Crippen LogP contribution in [0.25, 0.3) is 12.1 Å². The Morgan fingerprint density at radius 2 is 2.50 bits per heavy atom. The number of rotatable bonds is 0. The van der Waals surface area contributed by atoms with Gasteiger partial charge in [-0.1, -0.05) is 6.58 Å². The van der Waals surface area contributed by atoms with Gasteiger partial charge in [-0.25, -0.2) is 4.79 Å².